The topological polar surface area (TPSA) is 68.3 Å². The van der Waals surface area contributed by atoms with Crippen LogP contribution >= 0.6 is 0 Å². The predicted molar refractivity (Wildman–Crippen MR) is 84.5 cm³/mol. The molecule has 4 nitrogen and oxygen atoms in total. The van der Waals surface area contributed by atoms with Crippen LogP contribution in [0.2, 0.25) is 0 Å². The van der Waals surface area contributed by atoms with Crippen molar-refractivity contribution < 1.29 is 9.47 Å². The molecule has 0 amide bonds. The van der Waals surface area contributed by atoms with Crippen LogP contribution < -0.4 is 15.2 Å². The molecule has 1 aromatic carbocycles. The molecule has 0 radical (unpaired) electrons. The monoisotopic (exact) mass is 290 g/mol. The van der Waals surface area contributed by atoms with Gasteiger partial charge in [0.1, 0.15) is 0 Å². The summed E-state index contributed by atoms with van der Waals surface area (Å²) in [4.78, 5) is 0. The summed E-state index contributed by atoms with van der Waals surface area (Å²) in [5.74, 6) is 1.54. The van der Waals surface area contributed by atoms with Crippen LogP contribution in [0.5, 0.6) is 11.5 Å². The van der Waals surface area contributed by atoms with Gasteiger partial charge in [-0.25, -0.2) is 0 Å². The molecule has 116 valence electrons. The van der Waals surface area contributed by atoms with E-state index in [0.717, 1.165) is 37.2 Å². The Morgan fingerprint density at radius 2 is 2.00 bits per heavy atom. The second-order valence-electron chi connectivity index (χ2n) is 5.05. The molecule has 4 heteroatoms. The molecule has 0 saturated carbocycles. The number of nitrogens with zero attached hydrogens (tertiary/aromatic N) is 1. The molecular weight excluding hydrogens is 264 g/mol. The molecule has 0 aliphatic heterocycles. The fourth-order valence-electron chi connectivity index (χ4n) is 2.00. The molecular formula is C17H26N2O2. The number of benzene rings is 1. The van der Waals surface area contributed by atoms with Gasteiger partial charge in [0.2, 0.25) is 0 Å². The number of hydrogen-bond acceptors (Lipinski definition) is 4. The second kappa shape index (κ2) is 10.1. The summed E-state index contributed by atoms with van der Waals surface area (Å²) in [5, 5.41) is 8.50. The number of unbranched alkanes of at least 4 members (excludes halogenated alkanes) is 2. The van der Waals surface area contributed by atoms with Gasteiger partial charge in [-0.15, -0.1) is 0 Å². The minimum absolute atomic E-state index is 0.178. The minimum Gasteiger partial charge on any atom is -0.490 e. The molecule has 0 bridgehead atoms. The third kappa shape index (κ3) is 6.50. The molecule has 1 rings (SSSR count). The largest absolute Gasteiger partial charge is 0.490 e. The first-order valence-electron chi connectivity index (χ1n) is 7.72. The van der Waals surface area contributed by atoms with Crippen molar-refractivity contribution >= 4 is 0 Å². The molecule has 0 aliphatic carbocycles. The maximum absolute atomic E-state index is 8.50. The van der Waals surface area contributed by atoms with Gasteiger partial charge in [-0.05, 0) is 50.3 Å². The van der Waals surface area contributed by atoms with E-state index in [2.05, 4.69) is 13.0 Å². The smallest absolute Gasteiger partial charge is 0.161 e. The van der Waals surface area contributed by atoms with Crippen LogP contribution in [0.1, 0.15) is 45.1 Å². The van der Waals surface area contributed by atoms with Crippen molar-refractivity contribution in [2.24, 2.45) is 5.73 Å². The van der Waals surface area contributed by atoms with Crippen molar-refractivity contribution in [1.82, 2.24) is 0 Å². The van der Waals surface area contributed by atoms with E-state index in [4.69, 9.17) is 20.5 Å². The highest BCUT2D eigenvalue weighted by atomic mass is 16.5. The predicted octanol–water partition coefficient (Wildman–Crippen LogP) is 3.44. The molecule has 0 aliphatic rings. The van der Waals surface area contributed by atoms with Gasteiger partial charge in [-0.1, -0.05) is 13.0 Å². The van der Waals surface area contributed by atoms with Gasteiger partial charge >= 0.3 is 0 Å². The van der Waals surface area contributed by atoms with Crippen molar-refractivity contribution in [2.45, 2.75) is 52.0 Å². The molecule has 1 aromatic rings. The average Bonchev–Trinajstić information content (AvgIpc) is 2.49. The van der Waals surface area contributed by atoms with Gasteiger partial charge in [-0.3, -0.25) is 0 Å². The molecule has 21 heavy (non-hydrogen) atoms. The first kappa shape index (κ1) is 17.3. The average molecular weight is 290 g/mol. The Bertz CT molecular complexity index is 455. The molecule has 2 N–H and O–H groups in total. The van der Waals surface area contributed by atoms with Crippen LogP contribution in [-0.4, -0.2) is 19.3 Å². The Morgan fingerprint density at radius 1 is 1.19 bits per heavy atom. The Kier molecular flexibility index (Phi) is 8.30. The highest BCUT2D eigenvalue weighted by Gasteiger charge is 2.08. The van der Waals surface area contributed by atoms with E-state index in [1.165, 1.54) is 5.56 Å². The molecule has 0 spiro atoms. The van der Waals surface area contributed by atoms with Gasteiger partial charge < -0.3 is 15.2 Å². The van der Waals surface area contributed by atoms with Crippen molar-refractivity contribution in [3.8, 4) is 17.6 Å². The van der Waals surface area contributed by atoms with Crippen LogP contribution in [0.4, 0.5) is 0 Å². The van der Waals surface area contributed by atoms with Crippen LogP contribution in [0.25, 0.3) is 0 Å². The van der Waals surface area contributed by atoms with Crippen LogP contribution in [0.3, 0.4) is 0 Å². The standard InChI is InChI=1S/C17H26N2O2/c1-3-15(19)12-14-8-9-16(17(13-14)20-4-2)21-11-7-5-6-10-18/h8-9,13,15H,3-7,11-12,19H2,1-2H3. The maximum atomic E-state index is 8.50. The fourth-order valence-corrected chi connectivity index (χ4v) is 2.00. The number of nitrogens with two attached hydrogens (primary N) is 1. The fraction of sp³-hybridized carbons (Fsp3) is 0.588. The van der Waals surface area contributed by atoms with E-state index >= 15 is 0 Å². The van der Waals surface area contributed by atoms with Crippen molar-refractivity contribution in [2.75, 3.05) is 13.2 Å². The first-order valence-corrected chi connectivity index (χ1v) is 7.72. The zero-order valence-electron chi connectivity index (χ0n) is 13.1. The summed E-state index contributed by atoms with van der Waals surface area (Å²) < 4.78 is 11.4. The highest BCUT2D eigenvalue weighted by Crippen LogP contribution is 2.29. The van der Waals surface area contributed by atoms with E-state index in [9.17, 15) is 0 Å². The molecule has 0 fully saturated rings. The number of hydrogen-bond donors (Lipinski definition) is 1. The Labute approximate surface area is 127 Å². The van der Waals surface area contributed by atoms with E-state index in [1.54, 1.807) is 0 Å². The van der Waals surface area contributed by atoms with Crippen molar-refractivity contribution in [1.29, 1.82) is 5.26 Å². The third-order valence-electron chi connectivity index (χ3n) is 3.27. The van der Waals surface area contributed by atoms with Crippen LogP contribution in [0.15, 0.2) is 18.2 Å². The lowest BCUT2D eigenvalue weighted by Crippen LogP contribution is -2.21. The minimum atomic E-state index is 0.178. The molecule has 1 atom stereocenters. The molecule has 0 aromatic heterocycles. The Morgan fingerprint density at radius 3 is 2.67 bits per heavy atom. The zero-order valence-corrected chi connectivity index (χ0v) is 13.1. The second-order valence-corrected chi connectivity index (χ2v) is 5.05. The highest BCUT2D eigenvalue weighted by molar-refractivity contribution is 5.43. The Hall–Kier alpha value is -1.73. The normalized spacial score (nSPS) is 11.7. The van der Waals surface area contributed by atoms with Crippen LogP contribution in [0, 0.1) is 11.3 Å². The maximum Gasteiger partial charge on any atom is 0.161 e. The quantitative estimate of drug-likeness (QED) is 0.670. The number of rotatable bonds is 10. The summed E-state index contributed by atoms with van der Waals surface area (Å²) in [6.07, 6.45) is 4.13. The molecule has 0 saturated heterocycles. The summed E-state index contributed by atoms with van der Waals surface area (Å²) in [6.45, 7) is 5.26. The van der Waals surface area contributed by atoms with Crippen LogP contribution in [-0.2, 0) is 6.42 Å². The van der Waals surface area contributed by atoms with Gasteiger partial charge in [0.05, 0.1) is 19.3 Å². The van der Waals surface area contributed by atoms with Crippen molar-refractivity contribution in [3.63, 3.8) is 0 Å². The van der Waals surface area contributed by atoms with E-state index in [-0.39, 0.29) is 6.04 Å². The number of ether oxygens (including phenoxy) is 2. The summed E-state index contributed by atoms with van der Waals surface area (Å²) >= 11 is 0. The van der Waals surface area contributed by atoms with Gasteiger partial charge in [0.25, 0.3) is 0 Å². The van der Waals surface area contributed by atoms with Gasteiger partial charge in [-0.2, -0.15) is 5.26 Å². The van der Waals surface area contributed by atoms with E-state index in [1.807, 2.05) is 25.1 Å². The van der Waals surface area contributed by atoms with Gasteiger partial charge in [0, 0.05) is 12.5 Å². The zero-order chi connectivity index (χ0) is 15.5. The SMILES string of the molecule is CCOc1cc(CC(N)CC)ccc1OCCCCC#N. The van der Waals surface area contributed by atoms with Crippen molar-refractivity contribution in [3.05, 3.63) is 23.8 Å². The Balaban J connectivity index is 2.63. The number of nitriles is 1. The summed E-state index contributed by atoms with van der Waals surface area (Å²) in [7, 11) is 0. The first-order chi connectivity index (χ1) is 10.2. The van der Waals surface area contributed by atoms with E-state index in [0.29, 0.717) is 19.6 Å². The lowest BCUT2D eigenvalue weighted by Gasteiger charge is -2.15. The molecule has 1 unspecified atom stereocenters. The lowest BCUT2D eigenvalue weighted by molar-refractivity contribution is 0.271. The summed E-state index contributed by atoms with van der Waals surface area (Å²) in [5.41, 5.74) is 7.17. The lowest BCUT2D eigenvalue weighted by atomic mass is 10.0. The van der Waals surface area contributed by atoms with E-state index < -0.39 is 0 Å². The van der Waals surface area contributed by atoms with Gasteiger partial charge in [0.15, 0.2) is 11.5 Å². The summed E-state index contributed by atoms with van der Waals surface area (Å²) in [6, 6.07) is 8.33. The molecule has 0 heterocycles. The third-order valence-corrected chi connectivity index (χ3v) is 3.27.